The maximum Gasteiger partial charge on any atom is 0.252 e. The topological polar surface area (TPSA) is 71.3 Å². The van der Waals surface area contributed by atoms with Gasteiger partial charge >= 0.3 is 0 Å². The van der Waals surface area contributed by atoms with Gasteiger partial charge in [-0.15, -0.1) is 0 Å². The SMILES string of the molecule is Cc1cc(C)c(-c2cc(-n3c4ccccc4c4cccnc43)cc(-n3c4ccccc4c4cccnc43)c2)c(C)c1.Cc1cc(C)c(-c2cc(F)cc(F)c2)c(C)c1.Cc1cc(C)c(-c2cc3c4c(c2)-n2c5ncccc5c5cccc(c52)B4c2cccc4c5cccnc5n-3c24)c(C)c1.Fc1cc(F)cc(Br)c1. The maximum absolute atomic E-state index is 13.2. The minimum atomic E-state index is -0.568. The van der Waals surface area contributed by atoms with Crippen LogP contribution in [0.1, 0.15) is 50.1 Å². The average Bonchev–Trinajstić information content (AvgIpc) is 1.56. The highest BCUT2D eigenvalue weighted by Crippen LogP contribution is 2.43. The molecule has 0 radical (unpaired) electrons. The highest BCUT2D eigenvalue weighted by atomic mass is 79.9. The first kappa shape index (κ1) is 68.3. The summed E-state index contributed by atoms with van der Waals surface area (Å²) in [6.07, 6.45) is 7.60. The normalized spacial score (nSPS) is 11.9. The van der Waals surface area contributed by atoms with Gasteiger partial charge in [0.1, 0.15) is 45.9 Å². The number of aryl methyl sites for hydroxylation is 9. The standard InChI is InChI=1S/C37H25BN4.C37H28N4.C15H14F2.C6H3BrF2/c1-20-16-21(2)32(22(3)17-20)23-18-30-33-31(19-23)42-35-25(27-11-7-15-40-37(27)42)9-5-13-29(35)38(33)28-12-4-8-24-26-10-6-14-39-36(26)41(30)34(24)28;1-23-18-24(2)35(25(3)19-23)26-20-27(40-33-14-6-4-10-29(33)31-12-8-16-38-36(31)40)22-28(21-26)41-34-15-7-5-11-30(34)32-13-9-17-39-37(32)41;1-9-4-10(2)15(11(3)5-9)12-6-13(16)8-14(17)7-12;7-4-1-5(8)3-6(9)2-4/h4-19H,1-3H3;4-22H,1-3H3;4-8H,1-3H3;1-3H. The van der Waals surface area contributed by atoms with Crippen molar-refractivity contribution in [2.24, 2.45) is 0 Å². The van der Waals surface area contributed by atoms with Gasteiger partial charge in [0, 0.05) is 95.9 Å². The Kier molecular flexibility index (Phi) is 16.8. The molecule has 109 heavy (non-hydrogen) atoms. The van der Waals surface area contributed by atoms with E-state index < -0.39 is 23.3 Å². The highest BCUT2D eigenvalue weighted by molar-refractivity contribution is 9.10. The number of hydrogen-bond donors (Lipinski definition) is 0. The summed E-state index contributed by atoms with van der Waals surface area (Å²) in [6, 6.07) is 79.5. The van der Waals surface area contributed by atoms with Crippen LogP contribution in [0.3, 0.4) is 0 Å². The number of benzene rings is 11. The van der Waals surface area contributed by atoms with Crippen LogP contribution >= 0.6 is 15.9 Å². The molecule has 0 saturated heterocycles. The second kappa shape index (κ2) is 26.8. The van der Waals surface area contributed by atoms with E-state index in [1.54, 1.807) is 0 Å². The third-order valence-electron chi connectivity index (χ3n) is 21.6. The molecule has 0 aliphatic carbocycles. The van der Waals surface area contributed by atoms with Gasteiger partial charge in [-0.1, -0.05) is 142 Å². The van der Waals surface area contributed by atoms with Gasteiger partial charge in [-0.05, 0) is 261 Å². The average molecular weight is 1490 g/mol. The number of halogens is 5. The molecule has 0 bridgehead atoms. The maximum atomic E-state index is 13.2. The Morgan fingerprint density at radius 3 is 0.982 bits per heavy atom. The van der Waals surface area contributed by atoms with Crippen molar-refractivity contribution in [1.29, 1.82) is 0 Å². The van der Waals surface area contributed by atoms with Crippen molar-refractivity contribution in [2.75, 3.05) is 0 Å². The molecule has 10 heterocycles. The van der Waals surface area contributed by atoms with Gasteiger partial charge < -0.3 is 0 Å². The van der Waals surface area contributed by atoms with Gasteiger partial charge in [0.2, 0.25) is 0 Å². The van der Waals surface area contributed by atoms with Crippen molar-refractivity contribution in [3.63, 3.8) is 0 Å². The van der Waals surface area contributed by atoms with Crippen LogP contribution in [0.2, 0.25) is 0 Å². The lowest BCUT2D eigenvalue weighted by Crippen LogP contribution is -2.59. The molecule has 0 amide bonds. The van der Waals surface area contributed by atoms with Crippen LogP contribution < -0.4 is 16.4 Å². The fourth-order valence-corrected chi connectivity index (χ4v) is 18.4. The summed E-state index contributed by atoms with van der Waals surface area (Å²) in [7, 11) is 0. The van der Waals surface area contributed by atoms with Crippen molar-refractivity contribution in [3.05, 3.63) is 339 Å². The Labute approximate surface area is 636 Å². The van der Waals surface area contributed by atoms with E-state index in [4.69, 9.17) is 19.9 Å². The highest BCUT2D eigenvalue weighted by Gasteiger charge is 2.41. The van der Waals surface area contributed by atoms with Gasteiger partial charge in [0.25, 0.3) is 6.71 Å². The Balaban J connectivity index is 0.000000116. The number of para-hydroxylation sites is 4. The first-order chi connectivity index (χ1) is 52.8. The number of rotatable bonds is 5. The largest absolute Gasteiger partial charge is 0.295 e. The fraction of sp³-hybridized carbons (Fsp3) is 0.0947. The van der Waals surface area contributed by atoms with Gasteiger partial charge in [-0.25, -0.2) is 37.5 Å². The summed E-state index contributed by atoms with van der Waals surface area (Å²) in [5.74, 6) is -2.22. The number of fused-ring (bicyclic) bond motifs is 16. The smallest absolute Gasteiger partial charge is 0.252 e. The number of hydrogen-bond acceptors (Lipinski definition) is 4. The Bertz CT molecular complexity index is 6500. The van der Waals surface area contributed by atoms with Crippen molar-refractivity contribution in [1.82, 2.24) is 38.2 Å². The van der Waals surface area contributed by atoms with Crippen molar-refractivity contribution in [2.45, 2.75) is 62.3 Å². The van der Waals surface area contributed by atoms with Gasteiger partial charge in [-0.2, -0.15) is 0 Å². The third kappa shape index (κ3) is 11.5. The Morgan fingerprint density at radius 2 is 0.606 bits per heavy atom. The van der Waals surface area contributed by atoms with E-state index in [-0.39, 0.29) is 6.71 Å². The summed E-state index contributed by atoms with van der Waals surface area (Å²) in [4.78, 5) is 19.7. The molecule has 8 aromatic heterocycles. The molecule has 0 fully saturated rings. The quantitative estimate of drug-likeness (QED) is 0.127. The van der Waals surface area contributed by atoms with E-state index in [1.165, 1.54) is 151 Å². The lowest BCUT2D eigenvalue weighted by Gasteiger charge is -2.34. The zero-order chi connectivity index (χ0) is 74.9. The molecular weight excluding hydrogens is 1420 g/mol. The zero-order valence-electron chi connectivity index (χ0n) is 61.4. The predicted octanol–water partition coefficient (Wildman–Crippen LogP) is 23.0. The number of aromatic nitrogens is 8. The van der Waals surface area contributed by atoms with E-state index in [0.29, 0.717) is 10.0 Å². The first-order valence-electron chi connectivity index (χ1n) is 36.5. The Hall–Kier alpha value is -12.5. The van der Waals surface area contributed by atoms with Crippen LogP contribution in [0.25, 0.3) is 144 Å². The van der Waals surface area contributed by atoms with Crippen molar-refractivity contribution >= 4 is 127 Å². The lowest BCUT2D eigenvalue weighted by molar-refractivity contribution is 0.581. The molecule has 8 nitrogen and oxygen atoms in total. The molecule has 19 aromatic rings. The molecule has 14 heteroatoms. The minimum Gasteiger partial charge on any atom is -0.295 e. The van der Waals surface area contributed by atoms with E-state index in [9.17, 15) is 17.6 Å². The monoisotopic (exact) mass is 1490 g/mol. The van der Waals surface area contributed by atoms with E-state index >= 15 is 0 Å². The van der Waals surface area contributed by atoms with Crippen LogP contribution in [-0.2, 0) is 0 Å². The molecule has 528 valence electrons. The van der Waals surface area contributed by atoms with Crippen LogP contribution in [0, 0.1) is 85.6 Å². The van der Waals surface area contributed by atoms with Gasteiger partial charge in [-0.3, -0.25) is 18.3 Å². The minimum absolute atomic E-state index is 0.116. The summed E-state index contributed by atoms with van der Waals surface area (Å²) in [5, 5.41) is 9.60. The first-order valence-corrected chi connectivity index (χ1v) is 37.2. The molecule has 11 aromatic carbocycles. The van der Waals surface area contributed by atoms with E-state index in [0.717, 1.165) is 90.2 Å². The van der Waals surface area contributed by atoms with Crippen molar-refractivity contribution in [3.8, 4) is 56.1 Å². The molecule has 0 N–H and O–H groups in total. The second-order valence-electron chi connectivity index (χ2n) is 29.0. The zero-order valence-corrected chi connectivity index (χ0v) is 63.0. The molecule has 2 aliphatic heterocycles. The fourth-order valence-electron chi connectivity index (χ4n) is 17.9. The lowest BCUT2D eigenvalue weighted by atomic mass is 9.34. The summed E-state index contributed by atoms with van der Waals surface area (Å²) >= 11 is 2.93. The summed E-state index contributed by atoms with van der Waals surface area (Å²) in [6.45, 7) is 19.3. The number of pyridine rings is 4. The number of nitrogens with zero attached hydrogens (tertiary/aromatic N) is 8. The van der Waals surface area contributed by atoms with Crippen LogP contribution in [0.15, 0.2) is 266 Å². The van der Waals surface area contributed by atoms with Crippen LogP contribution in [0.5, 0.6) is 0 Å². The summed E-state index contributed by atoms with van der Waals surface area (Å²) < 4.78 is 60.6. The van der Waals surface area contributed by atoms with Gasteiger partial charge in [0.05, 0.1) is 33.4 Å². The molecule has 0 spiro atoms. The van der Waals surface area contributed by atoms with Crippen LogP contribution in [-0.4, -0.2) is 44.9 Å². The molecule has 21 rings (SSSR count). The van der Waals surface area contributed by atoms with E-state index in [1.807, 2.05) is 69.8 Å². The van der Waals surface area contributed by atoms with Gasteiger partial charge in [0.15, 0.2) is 0 Å². The van der Waals surface area contributed by atoms with E-state index in [2.05, 4.69) is 252 Å². The molecular formula is C95H70BBrF4N8. The molecule has 2 aliphatic rings. The van der Waals surface area contributed by atoms with Crippen LogP contribution in [0.4, 0.5) is 17.6 Å². The third-order valence-corrected chi connectivity index (χ3v) is 22.0. The summed E-state index contributed by atoms with van der Waals surface area (Å²) in [5.41, 5.74) is 34.7. The molecule has 0 saturated carbocycles. The second-order valence-corrected chi connectivity index (χ2v) is 29.9. The molecule has 0 atom stereocenters. The predicted molar refractivity (Wildman–Crippen MR) is 445 cm³/mol. The Morgan fingerprint density at radius 1 is 0.294 bits per heavy atom. The van der Waals surface area contributed by atoms with Crippen molar-refractivity contribution < 1.29 is 17.6 Å². The molecule has 0 unspecified atom stereocenters.